The number of halogens is 3. The smallest absolute Gasteiger partial charge is 0.196 e. The maximum absolute atomic E-state index is 12.2. The minimum Gasteiger partial charge on any atom is -0.288 e. The van der Waals surface area contributed by atoms with Crippen LogP contribution in [-0.2, 0) is 0 Å². The number of aryl methyl sites for hydroxylation is 1. The van der Waals surface area contributed by atoms with Crippen molar-refractivity contribution in [1.82, 2.24) is 0 Å². The second-order valence-electron chi connectivity index (χ2n) is 3.55. The molecule has 1 heterocycles. The Morgan fingerprint density at radius 2 is 1.94 bits per heavy atom. The summed E-state index contributed by atoms with van der Waals surface area (Å²) >= 11 is 16.4. The minimum absolute atomic E-state index is 0.120. The van der Waals surface area contributed by atoms with E-state index in [9.17, 15) is 4.79 Å². The summed E-state index contributed by atoms with van der Waals surface area (Å²) in [6, 6.07) is 7.17. The Labute approximate surface area is 121 Å². The molecule has 1 aromatic heterocycles. The van der Waals surface area contributed by atoms with E-state index in [1.165, 1.54) is 11.3 Å². The van der Waals surface area contributed by atoms with Crippen molar-refractivity contribution < 1.29 is 4.79 Å². The zero-order chi connectivity index (χ0) is 12.6. The Kier molecular flexibility index (Phi) is 3.93. The van der Waals surface area contributed by atoms with Crippen LogP contribution in [0, 0.1) is 6.92 Å². The largest absolute Gasteiger partial charge is 0.288 e. The van der Waals surface area contributed by atoms with Crippen LogP contribution in [-0.4, -0.2) is 5.78 Å². The Morgan fingerprint density at radius 3 is 2.47 bits per heavy atom. The molecule has 2 rings (SSSR count). The Balaban J connectivity index is 2.47. The number of hydrogen-bond donors (Lipinski definition) is 0. The van der Waals surface area contributed by atoms with Gasteiger partial charge in [0.1, 0.15) is 4.34 Å². The maximum Gasteiger partial charge on any atom is 0.196 e. The van der Waals surface area contributed by atoms with Crippen LogP contribution in [0.4, 0.5) is 0 Å². The number of hydrogen-bond acceptors (Lipinski definition) is 2. The van der Waals surface area contributed by atoms with Crippen LogP contribution in [0.15, 0.2) is 28.7 Å². The lowest BCUT2D eigenvalue weighted by molar-refractivity contribution is 0.103. The van der Waals surface area contributed by atoms with Crippen molar-refractivity contribution in [3.8, 4) is 0 Å². The van der Waals surface area contributed by atoms with Gasteiger partial charge in [-0.2, -0.15) is 0 Å². The normalized spacial score (nSPS) is 10.6. The summed E-state index contributed by atoms with van der Waals surface area (Å²) in [5.41, 5.74) is 2.13. The molecule has 2 aromatic rings. The van der Waals surface area contributed by atoms with Crippen LogP contribution >= 0.6 is 50.5 Å². The molecule has 17 heavy (non-hydrogen) atoms. The molecule has 0 amide bonds. The summed E-state index contributed by atoms with van der Waals surface area (Å²) in [5.74, 6) is -0.120. The number of benzene rings is 1. The summed E-state index contributed by atoms with van der Waals surface area (Å²) in [4.78, 5) is 12.2. The second kappa shape index (κ2) is 5.11. The fourth-order valence-corrected chi connectivity index (χ4v) is 3.58. The molecule has 1 nitrogen and oxygen atoms in total. The van der Waals surface area contributed by atoms with E-state index in [2.05, 4.69) is 15.9 Å². The van der Waals surface area contributed by atoms with Gasteiger partial charge in [0.2, 0.25) is 0 Å². The molecule has 0 N–H and O–H groups in total. The molecule has 0 atom stereocenters. The third-order valence-corrected chi connectivity index (χ3v) is 4.41. The fraction of sp³-hybridized carbons (Fsp3) is 0.0833. The predicted molar refractivity (Wildman–Crippen MR) is 76.7 cm³/mol. The second-order valence-corrected chi connectivity index (χ2v) is 6.69. The maximum atomic E-state index is 12.2. The summed E-state index contributed by atoms with van der Waals surface area (Å²) in [5, 5.41) is 0. The fourth-order valence-electron chi connectivity index (χ4n) is 1.44. The third-order valence-electron chi connectivity index (χ3n) is 2.27. The molecule has 0 spiro atoms. The van der Waals surface area contributed by atoms with E-state index in [1.54, 1.807) is 12.1 Å². The van der Waals surface area contributed by atoms with Gasteiger partial charge in [0.25, 0.3) is 0 Å². The lowest BCUT2D eigenvalue weighted by Crippen LogP contribution is -2.01. The van der Waals surface area contributed by atoms with Crippen molar-refractivity contribution in [3.63, 3.8) is 0 Å². The number of ketones is 1. The number of thiophene rings is 1. The van der Waals surface area contributed by atoms with Crippen molar-refractivity contribution in [2.24, 2.45) is 0 Å². The molecule has 88 valence electrons. The number of carbonyl (C=O) groups excluding carboxylic acids is 1. The molecule has 0 bridgehead atoms. The van der Waals surface area contributed by atoms with Gasteiger partial charge in [-0.25, -0.2) is 0 Å². The number of rotatable bonds is 2. The van der Waals surface area contributed by atoms with Gasteiger partial charge in [-0.15, -0.1) is 11.3 Å². The first-order valence-corrected chi connectivity index (χ1v) is 7.11. The van der Waals surface area contributed by atoms with Crippen LogP contribution in [0.25, 0.3) is 0 Å². The molecule has 0 aliphatic carbocycles. The Hall–Kier alpha value is -0.350. The van der Waals surface area contributed by atoms with Crippen LogP contribution in [0.2, 0.25) is 8.67 Å². The topological polar surface area (TPSA) is 17.1 Å². The quantitative estimate of drug-likeness (QED) is 0.667. The first-order chi connectivity index (χ1) is 7.99. The van der Waals surface area contributed by atoms with Crippen molar-refractivity contribution >= 4 is 56.3 Å². The van der Waals surface area contributed by atoms with E-state index in [0.29, 0.717) is 19.8 Å². The predicted octanol–water partition coefficient (Wildman–Crippen LogP) is 5.36. The highest BCUT2D eigenvalue weighted by Crippen LogP contribution is 2.33. The van der Waals surface area contributed by atoms with Gasteiger partial charge < -0.3 is 0 Å². The Morgan fingerprint density at radius 1 is 1.24 bits per heavy atom. The average molecular weight is 350 g/mol. The summed E-state index contributed by atoms with van der Waals surface area (Å²) < 4.78 is 1.70. The van der Waals surface area contributed by atoms with Crippen LogP contribution in [0.5, 0.6) is 0 Å². The first kappa shape index (κ1) is 13.1. The molecule has 5 heteroatoms. The number of carbonyl (C=O) groups is 1. The lowest BCUT2D eigenvalue weighted by atomic mass is 10.0. The van der Waals surface area contributed by atoms with Crippen LogP contribution < -0.4 is 0 Å². The summed E-state index contributed by atoms with van der Waals surface area (Å²) in [7, 11) is 0. The van der Waals surface area contributed by atoms with Crippen molar-refractivity contribution in [3.05, 3.63) is 54.1 Å². The van der Waals surface area contributed by atoms with Gasteiger partial charge in [0, 0.05) is 10.0 Å². The summed E-state index contributed by atoms with van der Waals surface area (Å²) in [6.07, 6.45) is 0. The minimum atomic E-state index is -0.120. The molecule has 0 unspecified atom stereocenters. The molecule has 0 fully saturated rings. The van der Waals surface area contributed by atoms with Gasteiger partial charge in [0.05, 0.1) is 9.90 Å². The zero-order valence-electron chi connectivity index (χ0n) is 8.76. The average Bonchev–Trinajstić information content (AvgIpc) is 2.57. The van der Waals surface area contributed by atoms with Gasteiger partial charge in [-0.05, 0) is 30.7 Å². The monoisotopic (exact) mass is 348 g/mol. The van der Waals surface area contributed by atoms with Gasteiger partial charge in [-0.1, -0.05) is 45.2 Å². The van der Waals surface area contributed by atoms with E-state index >= 15 is 0 Å². The summed E-state index contributed by atoms with van der Waals surface area (Å²) in [6.45, 7) is 1.97. The molecule has 1 aromatic carbocycles. The van der Waals surface area contributed by atoms with Gasteiger partial charge in [-0.3, -0.25) is 4.79 Å². The Bertz CT molecular complexity index is 592. The van der Waals surface area contributed by atoms with Crippen molar-refractivity contribution in [1.29, 1.82) is 0 Å². The zero-order valence-corrected chi connectivity index (χ0v) is 12.7. The van der Waals surface area contributed by atoms with Gasteiger partial charge in [0.15, 0.2) is 5.78 Å². The third kappa shape index (κ3) is 2.74. The molecule has 0 aliphatic heterocycles. The molecule has 0 radical (unpaired) electrons. The van der Waals surface area contributed by atoms with Crippen molar-refractivity contribution in [2.45, 2.75) is 6.92 Å². The van der Waals surface area contributed by atoms with E-state index < -0.39 is 0 Å². The SMILES string of the molecule is Cc1ccc(C(=O)c2cc(Cl)sc2Cl)c(Br)c1. The van der Waals surface area contributed by atoms with Gasteiger partial charge >= 0.3 is 0 Å². The molecular weight excluding hydrogens is 343 g/mol. The lowest BCUT2D eigenvalue weighted by Gasteiger charge is -2.03. The molecule has 0 saturated heterocycles. The van der Waals surface area contributed by atoms with Crippen molar-refractivity contribution in [2.75, 3.05) is 0 Å². The van der Waals surface area contributed by atoms with Crippen LogP contribution in [0.1, 0.15) is 21.5 Å². The van der Waals surface area contributed by atoms with Crippen LogP contribution in [0.3, 0.4) is 0 Å². The molecular formula is C12H7BrCl2OS. The molecule has 0 saturated carbocycles. The van der Waals surface area contributed by atoms with E-state index in [1.807, 2.05) is 19.1 Å². The highest BCUT2D eigenvalue weighted by molar-refractivity contribution is 9.10. The van der Waals surface area contributed by atoms with E-state index in [0.717, 1.165) is 10.0 Å². The highest BCUT2D eigenvalue weighted by Gasteiger charge is 2.18. The highest BCUT2D eigenvalue weighted by atomic mass is 79.9. The standard InChI is InChI=1S/C12H7BrCl2OS/c1-6-2-3-7(9(13)4-6)11(16)8-5-10(14)17-12(8)15/h2-5H,1H3. The van der Waals surface area contributed by atoms with E-state index in [-0.39, 0.29) is 5.78 Å². The first-order valence-electron chi connectivity index (χ1n) is 4.74. The van der Waals surface area contributed by atoms with E-state index in [4.69, 9.17) is 23.2 Å². The molecule has 0 aliphatic rings.